The maximum atomic E-state index is 13.2. The van der Waals surface area contributed by atoms with Gasteiger partial charge in [0.1, 0.15) is 11.4 Å². The summed E-state index contributed by atoms with van der Waals surface area (Å²) in [6.07, 6.45) is 2.12. The average Bonchev–Trinajstić information content (AvgIpc) is 2.86. The second-order valence-corrected chi connectivity index (χ2v) is 8.20. The SMILES string of the molecule is CCCCN1C(=O)CCC(C(=O)OCC(=O)Nc2ccccc2[N+](=O)[O-])C1c1ccccc1OC. The number of carbonyl (C=O) groups excluding carboxylic acids is 3. The minimum Gasteiger partial charge on any atom is -0.496 e. The number of para-hydroxylation sites is 3. The molecule has 186 valence electrons. The average molecular weight is 484 g/mol. The van der Waals surface area contributed by atoms with Gasteiger partial charge < -0.3 is 19.7 Å². The van der Waals surface area contributed by atoms with Gasteiger partial charge in [-0.2, -0.15) is 0 Å². The summed E-state index contributed by atoms with van der Waals surface area (Å²) in [4.78, 5) is 50.6. The van der Waals surface area contributed by atoms with Crippen LogP contribution in [0.15, 0.2) is 48.5 Å². The molecule has 10 heteroatoms. The first kappa shape index (κ1) is 25.7. The fourth-order valence-corrected chi connectivity index (χ4v) is 4.26. The molecule has 1 heterocycles. The highest BCUT2D eigenvalue weighted by Crippen LogP contribution is 2.41. The Morgan fingerprint density at radius 2 is 1.89 bits per heavy atom. The summed E-state index contributed by atoms with van der Waals surface area (Å²) in [5.41, 5.74) is 0.450. The molecule has 1 N–H and O–H groups in total. The molecule has 0 saturated carbocycles. The molecule has 0 aliphatic carbocycles. The lowest BCUT2D eigenvalue weighted by atomic mass is 9.83. The predicted molar refractivity (Wildman–Crippen MR) is 128 cm³/mol. The number of unbranched alkanes of at least 4 members (excludes halogenated alkanes) is 1. The number of carbonyl (C=O) groups is 3. The van der Waals surface area contributed by atoms with Crippen LogP contribution in [0.3, 0.4) is 0 Å². The second-order valence-electron chi connectivity index (χ2n) is 8.20. The zero-order valence-electron chi connectivity index (χ0n) is 19.8. The van der Waals surface area contributed by atoms with Gasteiger partial charge in [-0.15, -0.1) is 0 Å². The number of piperidine rings is 1. The van der Waals surface area contributed by atoms with Crippen LogP contribution < -0.4 is 10.1 Å². The van der Waals surface area contributed by atoms with E-state index < -0.39 is 35.4 Å². The Bertz CT molecular complexity index is 1090. The van der Waals surface area contributed by atoms with Gasteiger partial charge in [-0.25, -0.2) is 0 Å². The predicted octanol–water partition coefficient (Wildman–Crippen LogP) is 3.87. The quantitative estimate of drug-likeness (QED) is 0.309. The molecule has 2 aromatic carbocycles. The van der Waals surface area contributed by atoms with Gasteiger partial charge in [-0.1, -0.05) is 43.7 Å². The van der Waals surface area contributed by atoms with Crippen molar-refractivity contribution in [3.8, 4) is 5.75 Å². The van der Waals surface area contributed by atoms with E-state index in [0.717, 1.165) is 12.8 Å². The van der Waals surface area contributed by atoms with Gasteiger partial charge in [-0.05, 0) is 25.0 Å². The number of hydrogen-bond acceptors (Lipinski definition) is 7. The van der Waals surface area contributed by atoms with Gasteiger partial charge in [0.05, 0.1) is 24.0 Å². The van der Waals surface area contributed by atoms with E-state index in [9.17, 15) is 24.5 Å². The van der Waals surface area contributed by atoms with E-state index in [1.165, 1.54) is 25.3 Å². The summed E-state index contributed by atoms with van der Waals surface area (Å²) >= 11 is 0. The number of rotatable bonds is 10. The molecular weight excluding hydrogens is 454 g/mol. The molecule has 1 aliphatic rings. The van der Waals surface area contributed by atoms with Crippen LogP contribution in [0.1, 0.15) is 44.2 Å². The number of nitro groups is 1. The van der Waals surface area contributed by atoms with Crippen LogP contribution in [0.25, 0.3) is 0 Å². The lowest BCUT2D eigenvalue weighted by Crippen LogP contribution is -2.46. The molecule has 0 bridgehead atoms. The monoisotopic (exact) mass is 483 g/mol. The number of likely N-dealkylation sites (tertiary alicyclic amines) is 1. The first-order chi connectivity index (χ1) is 16.9. The lowest BCUT2D eigenvalue weighted by Gasteiger charge is -2.40. The summed E-state index contributed by atoms with van der Waals surface area (Å²) in [6, 6.07) is 12.3. The fraction of sp³-hybridized carbons (Fsp3) is 0.400. The van der Waals surface area contributed by atoms with E-state index >= 15 is 0 Å². The Labute approximate surface area is 203 Å². The molecule has 2 unspecified atom stereocenters. The maximum absolute atomic E-state index is 13.2. The van der Waals surface area contributed by atoms with Crippen molar-refractivity contribution in [2.24, 2.45) is 5.92 Å². The van der Waals surface area contributed by atoms with Gasteiger partial charge in [0, 0.05) is 24.6 Å². The van der Waals surface area contributed by atoms with Crippen LogP contribution in [0.4, 0.5) is 11.4 Å². The summed E-state index contributed by atoms with van der Waals surface area (Å²) in [5, 5.41) is 13.6. The van der Waals surface area contributed by atoms with E-state index in [-0.39, 0.29) is 30.1 Å². The Balaban J connectivity index is 1.78. The highest BCUT2D eigenvalue weighted by molar-refractivity contribution is 5.95. The standard InChI is InChI=1S/C25H29N3O7/c1-3-4-15-27-23(30)14-13-18(24(27)17-9-5-8-12-21(17)34-2)25(31)35-16-22(29)26-19-10-6-7-11-20(19)28(32)33/h5-12,18,24H,3-4,13-16H2,1-2H3,(H,26,29). The van der Waals surface area contributed by atoms with Crippen LogP contribution in [0.2, 0.25) is 0 Å². The van der Waals surface area contributed by atoms with E-state index in [2.05, 4.69) is 5.32 Å². The summed E-state index contributed by atoms with van der Waals surface area (Å²) in [6.45, 7) is 1.90. The summed E-state index contributed by atoms with van der Waals surface area (Å²) in [7, 11) is 1.53. The highest BCUT2D eigenvalue weighted by atomic mass is 16.6. The fourth-order valence-electron chi connectivity index (χ4n) is 4.26. The van der Waals surface area contributed by atoms with E-state index in [1.807, 2.05) is 25.1 Å². The number of ether oxygens (including phenoxy) is 2. The molecular formula is C25H29N3O7. The van der Waals surface area contributed by atoms with Gasteiger partial charge in [0.2, 0.25) is 5.91 Å². The Morgan fingerprint density at radius 1 is 1.17 bits per heavy atom. The number of nitro benzene ring substituents is 1. The third-order valence-electron chi connectivity index (χ3n) is 5.94. The van der Waals surface area contributed by atoms with Crippen molar-refractivity contribution in [3.05, 3.63) is 64.2 Å². The maximum Gasteiger partial charge on any atom is 0.311 e. The zero-order chi connectivity index (χ0) is 25.4. The first-order valence-electron chi connectivity index (χ1n) is 11.5. The molecule has 35 heavy (non-hydrogen) atoms. The van der Waals surface area contributed by atoms with E-state index in [4.69, 9.17) is 9.47 Å². The van der Waals surface area contributed by atoms with Gasteiger partial charge in [0.15, 0.2) is 6.61 Å². The Hall–Kier alpha value is -3.95. The van der Waals surface area contributed by atoms with Gasteiger partial charge >= 0.3 is 5.97 Å². The van der Waals surface area contributed by atoms with Crippen LogP contribution in [0, 0.1) is 16.0 Å². The summed E-state index contributed by atoms with van der Waals surface area (Å²) < 4.78 is 10.8. The zero-order valence-corrected chi connectivity index (χ0v) is 19.8. The topological polar surface area (TPSA) is 128 Å². The largest absolute Gasteiger partial charge is 0.496 e. The lowest BCUT2D eigenvalue weighted by molar-refractivity contribution is -0.383. The molecule has 0 radical (unpaired) electrons. The molecule has 1 aliphatic heterocycles. The molecule has 2 atom stereocenters. The Morgan fingerprint density at radius 3 is 2.60 bits per heavy atom. The number of methoxy groups -OCH3 is 1. The number of benzene rings is 2. The number of esters is 1. The van der Waals surface area contributed by atoms with Gasteiger partial charge in [-0.3, -0.25) is 24.5 Å². The van der Waals surface area contributed by atoms with Crippen molar-refractivity contribution in [3.63, 3.8) is 0 Å². The van der Waals surface area contributed by atoms with Crippen LogP contribution >= 0.6 is 0 Å². The third-order valence-corrected chi connectivity index (χ3v) is 5.94. The molecule has 3 rings (SSSR count). The van der Waals surface area contributed by atoms with E-state index in [1.54, 1.807) is 17.0 Å². The molecule has 1 fully saturated rings. The molecule has 10 nitrogen and oxygen atoms in total. The molecule has 2 amide bonds. The van der Waals surface area contributed by atoms with Crippen molar-refractivity contribution in [1.82, 2.24) is 4.90 Å². The van der Waals surface area contributed by atoms with Crippen molar-refractivity contribution in [2.45, 2.75) is 38.6 Å². The van der Waals surface area contributed by atoms with Crippen LogP contribution in [0.5, 0.6) is 5.75 Å². The minimum absolute atomic E-state index is 0.0134. The number of nitrogens with one attached hydrogen (secondary N) is 1. The number of nitrogens with zero attached hydrogens (tertiary/aromatic N) is 2. The van der Waals surface area contributed by atoms with Gasteiger partial charge in [0.25, 0.3) is 11.6 Å². The van der Waals surface area contributed by atoms with Crippen LogP contribution in [-0.2, 0) is 19.1 Å². The number of amides is 2. The van der Waals surface area contributed by atoms with Crippen molar-refractivity contribution >= 4 is 29.2 Å². The molecule has 1 saturated heterocycles. The minimum atomic E-state index is -0.698. The molecule has 2 aromatic rings. The normalized spacial score (nSPS) is 17.5. The van der Waals surface area contributed by atoms with Crippen molar-refractivity contribution < 1.29 is 28.8 Å². The molecule has 0 aromatic heterocycles. The smallest absolute Gasteiger partial charge is 0.311 e. The van der Waals surface area contributed by atoms with Crippen molar-refractivity contribution in [2.75, 3.05) is 25.6 Å². The number of anilines is 1. The summed E-state index contributed by atoms with van der Waals surface area (Å²) in [5.74, 6) is -1.50. The Kier molecular flexibility index (Phi) is 8.77. The first-order valence-corrected chi connectivity index (χ1v) is 11.5. The number of hydrogen-bond donors (Lipinski definition) is 1. The van der Waals surface area contributed by atoms with E-state index in [0.29, 0.717) is 17.9 Å². The third kappa shape index (κ3) is 6.14. The second kappa shape index (κ2) is 12.0. The van der Waals surface area contributed by atoms with Crippen LogP contribution in [-0.4, -0.2) is 47.9 Å². The highest BCUT2D eigenvalue weighted by Gasteiger charge is 2.42. The van der Waals surface area contributed by atoms with Crippen molar-refractivity contribution in [1.29, 1.82) is 0 Å². The molecule has 0 spiro atoms.